The lowest BCUT2D eigenvalue weighted by atomic mass is 9.87. The normalized spacial score (nSPS) is 15.1. The van der Waals surface area contributed by atoms with E-state index in [1.165, 1.54) is 6.33 Å². The van der Waals surface area contributed by atoms with Crippen molar-refractivity contribution in [3.63, 3.8) is 0 Å². The van der Waals surface area contributed by atoms with E-state index in [9.17, 15) is 4.79 Å². The first kappa shape index (κ1) is 20.7. The van der Waals surface area contributed by atoms with Crippen LogP contribution in [0.15, 0.2) is 73.4 Å². The van der Waals surface area contributed by atoms with Gasteiger partial charge in [-0.15, -0.1) is 0 Å². The third-order valence-corrected chi connectivity index (χ3v) is 5.90. The minimum atomic E-state index is -0.253. The van der Waals surface area contributed by atoms with Gasteiger partial charge in [-0.1, -0.05) is 30.3 Å². The van der Waals surface area contributed by atoms with Crippen LogP contribution in [0.2, 0.25) is 0 Å². The zero-order valence-corrected chi connectivity index (χ0v) is 18.4. The highest BCUT2D eigenvalue weighted by Crippen LogP contribution is 2.41. The number of nitrogens with zero attached hydrogens (tertiary/aromatic N) is 5. The minimum absolute atomic E-state index is 0.0815. The molecule has 0 saturated carbocycles. The fourth-order valence-corrected chi connectivity index (χ4v) is 4.30. The van der Waals surface area contributed by atoms with Crippen molar-refractivity contribution >= 4 is 5.91 Å². The molecule has 2 aromatic heterocycles. The van der Waals surface area contributed by atoms with Crippen LogP contribution in [-0.4, -0.2) is 51.3 Å². The first-order valence-corrected chi connectivity index (χ1v) is 10.6. The summed E-state index contributed by atoms with van der Waals surface area (Å²) in [6.07, 6.45) is 5.32. The van der Waals surface area contributed by atoms with E-state index in [0.717, 1.165) is 23.1 Å². The van der Waals surface area contributed by atoms with Gasteiger partial charge in [-0.25, -0.2) is 14.6 Å². The molecule has 8 heteroatoms. The molecular weight excluding hydrogens is 418 g/mol. The maximum Gasteiger partial charge on any atom is 0.256 e. The Hall–Kier alpha value is -4.20. The van der Waals surface area contributed by atoms with Crippen molar-refractivity contribution < 1.29 is 14.3 Å². The summed E-state index contributed by atoms with van der Waals surface area (Å²) in [5, 5.41) is 4.08. The summed E-state index contributed by atoms with van der Waals surface area (Å²) in [6, 6.07) is 17.3. The maximum atomic E-state index is 13.7. The van der Waals surface area contributed by atoms with Crippen LogP contribution in [0.4, 0.5) is 0 Å². The van der Waals surface area contributed by atoms with Gasteiger partial charge >= 0.3 is 0 Å². The van der Waals surface area contributed by atoms with Crippen molar-refractivity contribution in [2.45, 2.75) is 12.5 Å². The molecule has 0 saturated heterocycles. The molecule has 0 bridgehead atoms. The van der Waals surface area contributed by atoms with E-state index in [-0.39, 0.29) is 11.9 Å². The molecule has 1 aliphatic rings. The Balaban J connectivity index is 1.55. The number of rotatable bonds is 5. The van der Waals surface area contributed by atoms with Crippen LogP contribution in [0.5, 0.6) is 11.5 Å². The second-order valence-corrected chi connectivity index (χ2v) is 7.71. The maximum absolute atomic E-state index is 13.7. The van der Waals surface area contributed by atoms with Crippen molar-refractivity contribution in [3.8, 4) is 17.3 Å². The number of methoxy groups -OCH3 is 2. The molecular formula is C25H23N5O3. The van der Waals surface area contributed by atoms with Crippen molar-refractivity contribution in [2.24, 2.45) is 0 Å². The highest BCUT2D eigenvalue weighted by Gasteiger charge is 2.34. The molecule has 0 fully saturated rings. The first-order valence-electron chi connectivity index (χ1n) is 10.6. The summed E-state index contributed by atoms with van der Waals surface area (Å²) >= 11 is 0. The van der Waals surface area contributed by atoms with Crippen LogP contribution < -0.4 is 9.47 Å². The van der Waals surface area contributed by atoms with Gasteiger partial charge in [-0.05, 0) is 47.4 Å². The van der Waals surface area contributed by atoms with E-state index < -0.39 is 0 Å². The van der Waals surface area contributed by atoms with E-state index in [1.54, 1.807) is 43.6 Å². The van der Waals surface area contributed by atoms with E-state index in [2.05, 4.69) is 15.1 Å². The van der Waals surface area contributed by atoms with Crippen LogP contribution in [0.25, 0.3) is 5.82 Å². The van der Waals surface area contributed by atoms with Crippen molar-refractivity contribution in [1.82, 2.24) is 24.6 Å². The van der Waals surface area contributed by atoms with Gasteiger partial charge in [0.05, 0.1) is 25.8 Å². The summed E-state index contributed by atoms with van der Waals surface area (Å²) in [5.41, 5.74) is 3.73. The lowest BCUT2D eigenvalue weighted by molar-refractivity contribution is 0.0693. The molecule has 1 unspecified atom stereocenters. The molecule has 33 heavy (non-hydrogen) atoms. The number of benzene rings is 2. The van der Waals surface area contributed by atoms with Crippen molar-refractivity contribution in [3.05, 3.63) is 95.7 Å². The number of amides is 1. The standard InChI is InChI=1S/C25H23N5O3/c1-32-21-12-18-10-11-29(24(17-6-4-3-5-7-17)20(18)13-22(21)33-2)25(31)19-8-9-23(27-14-19)30-16-26-15-28-30/h3-9,12-16,24H,10-11H2,1-2H3. The van der Waals surface area contributed by atoms with E-state index in [4.69, 9.17) is 9.47 Å². The van der Waals surface area contributed by atoms with E-state index >= 15 is 0 Å². The Morgan fingerprint density at radius 1 is 1.03 bits per heavy atom. The third-order valence-electron chi connectivity index (χ3n) is 5.90. The summed E-state index contributed by atoms with van der Waals surface area (Å²) < 4.78 is 12.6. The summed E-state index contributed by atoms with van der Waals surface area (Å²) in [7, 11) is 3.25. The van der Waals surface area contributed by atoms with E-state index in [1.807, 2.05) is 47.4 Å². The molecule has 0 spiro atoms. The number of ether oxygens (including phenoxy) is 2. The predicted molar refractivity (Wildman–Crippen MR) is 122 cm³/mol. The topological polar surface area (TPSA) is 82.4 Å². The Labute approximate surface area is 191 Å². The van der Waals surface area contributed by atoms with Gasteiger partial charge in [0.2, 0.25) is 0 Å². The molecule has 2 aromatic carbocycles. The van der Waals surface area contributed by atoms with Gasteiger partial charge in [-0.2, -0.15) is 5.10 Å². The number of hydrogen-bond donors (Lipinski definition) is 0. The Bertz CT molecular complexity index is 1260. The van der Waals surface area contributed by atoms with E-state index in [0.29, 0.717) is 29.4 Å². The molecule has 1 aliphatic heterocycles. The highest BCUT2D eigenvalue weighted by atomic mass is 16.5. The average molecular weight is 441 g/mol. The summed E-state index contributed by atoms with van der Waals surface area (Å²) in [5.74, 6) is 1.85. The third kappa shape index (κ3) is 3.80. The molecule has 5 rings (SSSR count). The number of aromatic nitrogens is 4. The first-order chi connectivity index (χ1) is 16.2. The van der Waals surface area contributed by atoms with Crippen molar-refractivity contribution in [2.75, 3.05) is 20.8 Å². The smallest absolute Gasteiger partial charge is 0.256 e. The largest absolute Gasteiger partial charge is 0.493 e. The molecule has 3 heterocycles. The second kappa shape index (κ2) is 8.74. The minimum Gasteiger partial charge on any atom is -0.493 e. The summed E-state index contributed by atoms with van der Waals surface area (Å²) in [6.45, 7) is 0.575. The van der Waals surface area contributed by atoms with Crippen LogP contribution in [0.3, 0.4) is 0 Å². The number of carbonyl (C=O) groups is 1. The Morgan fingerprint density at radius 2 is 1.82 bits per heavy atom. The van der Waals surface area contributed by atoms with Gasteiger partial charge < -0.3 is 14.4 Å². The quantitative estimate of drug-likeness (QED) is 0.472. The fraction of sp³-hybridized carbons (Fsp3) is 0.200. The molecule has 0 aliphatic carbocycles. The van der Waals surface area contributed by atoms with Crippen LogP contribution in [0, 0.1) is 0 Å². The zero-order chi connectivity index (χ0) is 22.8. The van der Waals surface area contributed by atoms with Gasteiger partial charge in [-0.3, -0.25) is 4.79 Å². The highest BCUT2D eigenvalue weighted by molar-refractivity contribution is 5.94. The second-order valence-electron chi connectivity index (χ2n) is 7.71. The van der Waals surface area contributed by atoms with Crippen LogP contribution in [-0.2, 0) is 6.42 Å². The fourth-order valence-electron chi connectivity index (χ4n) is 4.30. The molecule has 4 aromatic rings. The van der Waals surface area contributed by atoms with Gasteiger partial charge in [0.1, 0.15) is 12.7 Å². The Kier molecular flexibility index (Phi) is 5.48. The molecule has 0 radical (unpaired) electrons. The predicted octanol–water partition coefficient (Wildman–Crippen LogP) is 3.47. The monoisotopic (exact) mass is 441 g/mol. The molecule has 1 atom stereocenters. The average Bonchev–Trinajstić information content (AvgIpc) is 3.42. The number of carbonyl (C=O) groups excluding carboxylic acids is 1. The number of fused-ring (bicyclic) bond motifs is 1. The molecule has 8 nitrogen and oxygen atoms in total. The molecule has 166 valence electrons. The van der Waals surface area contributed by atoms with Gasteiger partial charge in [0.15, 0.2) is 17.3 Å². The number of hydrogen-bond acceptors (Lipinski definition) is 6. The summed E-state index contributed by atoms with van der Waals surface area (Å²) in [4.78, 5) is 23.9. The van der Waals surface area contributed by atoms with Crippen LogP contribution in [0.1, 0.15) is 33.1 Å². The zero-order valence-electron chi connectivity index (χ0n) is 18.4. The Morgan fingerprint density at radius 3 is 2.48 bits per heavy atom. The SMILES string of the molecule is COc1cc2c(cc1OC)C(c1ccccc1)N(C(=O)c1ccc(-n3cncn3)nc1)CC2. The van der Waals surface area contributed by atoms with Gasteiger partial charge in [0, 0.05) is 12.7 Å². The lowest BCUT2D eigenvalue weighted by Crippen LogP contribution is -2.40. The van der Waals surface area contributed by atoms with Crippen LogP contribution >= 0.6 is 0 Å². The van der Waals surface area contributed by atoms with Gasteiger partial charge in [0.25, 0.3) is 5.91 Å². The molecule has 0 N–H and O–H groups in total. The lowest BCUT2D eigenvalue weighted by Gasteiger charge is -2.38. The molecule has 1 amide bonds. The number of pyridine rings is 1. The van der Waals surface area contributed by atoms with Crippen molar-refractivity contribution in [1.29, 1.82) is 0 Å².